The second-order valence-electron chi connectivity index (χ2n) is 7.10. The van der Waals surface area contributed by atoms with Gasteiger partial charge < -0.3 is 0 Å². The molecule has 0 radical (unpaired) electrons. The Bertz CT molecular complexity index is 924. The molecular weight excluding hydrogens is 338 g/mol. The summed E-state index contributed by atoms with van der Waals surface area (Å²) in [5.74, 6) is -0.581. The maximum Gasteiger partial charge on any atom is 0.134 e. The van der Waals surface area contributed by atoms with Crippen LogP contribution >= 0.6 is 0 Å². The van der Waals surface area contributed by atoms with E-state index in [0.29, 0.717) is 22.3 Å². The number of aryl methyl sites for hydroxylation is 2. The number of hydrogen-bond donors (Lipinski definition) is 0. The van der Waals surface area contributed by atoms with Gasteiger partial charge >= 0.3 is 0 Å². The topological polar surface area (TPSA) is 0 Å². The quantitative estimate of drug-likeness (QED) is 0.424. The van der Waals surface area contributed by atoms with Crippen molar-refractivity contribution >= 4 is 0 Å². The lowest BCUT2D eigenvalue weighted by Crippen LogP contribution is -1.96. The molecule has 3 rings (SSSR count). The fourth-order valence-corrected chi connectivity index (χ4v) is 3.54. The molecule has 3 aromatic carbocycles. The van der Waals surface area contributed by atoms with Gasteiger partial charge in [0.1, 0.15) is 11.6 Å². The Morgan fingerprint density at radius 2 is 1.33 bits per heavy atom. The second-order valence-corrected chi connectivity index (χ2v) is 7.10. The summed E-state index contributed by atoms with van der Waals surface area (Å²) in [6, 6.07) is 16.7. The minimum atomic E-state index is -0.328. The molecule has 0 spiro atoms. The summed E-state index contributed by atoms with van der Waals surface area (Å²) < 4.78 is 29.6. The molecule has 0 aliphatic carbocycles. The smallest absolute Gasteiger partial charge is 0.134 e. The molecule has 0 bridgehead atoms. The Hall–Kier alpha value is -2.48. The fraction of sp³-hybridized carbons (Fsp3) is 0.280. The molecular formula is C25H26F2. The van der Waals surface area contributed by atoms with Crippen molar-refractivity contribution in [1.29, 1.82) is 0 Å². The molecule has 0 saturated carbocycles. The summed E-state index contributed by atoms with van der Waals surface area (Å²) in [6.07, 6.45) is 3.93. The molecule has 0 saturated heterocycles. The van der Waals surface area contributed by atoms with Gasteiger partial charge in [0, 0.05) is 11.1 Å². The minimum absolute atomic E-state index is 0.253. The summed E-state index contributed by atoms with van der Waals surface area (Å²) in [6.45, 7) is 6.02. The molecule has 0 aliphatic heterocycles. The lowest BCUT2D eigenvalue weighted by atomic mass is 9.94. The van der Waals surface area contributed by atoms with E-state index in [1.165, 1.54) is 11.6 Å². The Balaban J connectivity index is 1.94. The largest absolute Gasteiger partial charge is 0.206 e. The molecule has 0 amide bonds. The Labute approximate surface area is 160 Å². The third-order valence-corrected chi connectivity index (χ3v) is 5.10. The van der Waals surface area contributed by atoms with E-state index in [4.69, 9.17) is 0 Å². The van der Waals surface area contributed by atoms with E-state index in [1.54, 1.807) is 25.1 Å². The highest BCUT2D eigenvalue weighted by molar-refractivity contribution is 5.72. The number of rotatable bonds is 6. The molecule has 0 heterocycles. The zero-order valence-corrected chi connectivity index (χ0v) is 16.3. The van der Waals surface area contributed by atoms with Crippen LogP contribution in [0.4, 0.5) is 8.78 Å². The van der Waals surface area contributed by atoms with E-state index in [9.17, 15) is 8.78 Å². The van der Waals surface area contributed by atoms with Crippen molar-refractivity contribution in [3.8, 4) is 22.3 Å². The summed E-state index contributed by atoms with van der Waals surface area (Å²) in [4.78, 5) is 0. The summed E-state index contributed by atoms with van der Waals surface area (Å²) in [5.41, 5.74) is 5.34. The predicted octanol–water partition coefficient (Wildman–Crippen LogP) is 7.51. The van der Waals surface area contributed by atoms with Crippen LogP contribution in [0.2, 0.25) is 0 Å². The van der Waals surface area contributed by atoms with Crippen LogP contribution < -0.4 is 0 Å². The molecule has 0 nitrogen and oxygen atoms in total. The van der Waals surface area contributed by atoms with Crippen LogP contribution in [0, 0.1) is 18.6 Å². The summed E-state index contributed by atoms with van der Waals surface area (Å²) in [5, 5.41) is 0. The molecule has 0 atom stereocenters. The van der Waals surface area contributed by atoms with Crippen LogP contribution in [-0.4, -0.2) is 0 Å². The molecule has 0 fully saturated rings. The monoisotopic (exact) mass is 364 g/mol. The predicted molar refractivity (Wildman–Crippen MR) is 110 cm³/mol. The van der Waals surface area contributed by atoms with Gasteiger partial charge in [-0.2, -0.15) is 0 Å². The van der Waals surface area contributed by atoms with Gasteiger partial charge in [0.05, 0.1) is 0 Å². The first kappa shape index (κ1) is 19.3. The van der Waals surface area contributed by atoms with E-state index >= 15 is 0 Å². The molecule has 2 heteroatoms. The van der Waals surface area contributed by atoms with Crippen molar-refractivity contribution in [3.05, 3.63) is 82.9 Å². The Morgan fingerprint density at radius 3 is 1.96 bits per heavy atom. The first-order chi connectivity index (χ1) is 13.0. The molecule has 0 aliphatic rings. The van der Waals surface area contributed by atoms with Gasteiger partial charge in [-0.1, -0.05) is 75.2 Å². The third kappa shape index (κ3) is 4.10. The van der Waals surface area contributed by atoms with Gasteiger partial charge in [-0.3, -0.25) is 0 Å². The highest BCUT2D eigenvalue weighted by Crippen LogP contribution is 2.31. The van der Waals surface area contributed by atoms with Crippen molar-refractivity contribution in [2.24, 2.45) is 0 Å². The van der Waals surface area contributed by atoms with E-state index < -0.39 is 0 Å². The minimum Gasteiger partial charge on any atom is -0.206 e. The van der Waals surface area contributed by atoms with E-state index in [0.717, 1.165) is 36.8 Å². The highest BCUT2D eigenvalue weighted by atomic mass is 19.1. The Kier molecular flexibility index (Phi) is 6.05. The van der Waals surface area contributed by atoms with Gasteiger partial charge in [0.2, 0.25) is 0 Å². The van der Waals surface area contributed by atoms with Crippen LogP contribution in [0.3, 0.4) is 0 Å². The van der Waals surface area contributed by atoms with Gasteiger partial charge in [-0.15, -0.1) is 0 Å². The maximum atomic E-state index is 14.8. The van der Waals surface area contributed by atoms with Gasteiger partial charge in [-0.25, -0.2) is 8.78 Å². The van der Waals surface area contributed by atoms with Crippen molar-refractivity contribution in [2.45, 2.75) is 46.5 Å². The maximum absolute atomic E-state index is 14.8. The number of hydrogen-bond acceptors (Lipinski definition) is 0. The Morgan fingerprint density at radius 1 is 0.704 bits per heavy atom. The van der Waals surface area contributed by atoms with Crippen molar-refractivity contribution in [3.63, 3.8) is 0 Å². The molecule has 0 unspecified atom stereocenters. The lowest BCUT2D eigenvalue weighted by molar-refractivity contribution is 0.616. The van der Waals surface area contributed by atoms with Crippen LogP contribution in [0.25, 0.3) is 22.3 Å². The SMILES string of the molecule is CCCc1ccc(-c2ccc(-c3ccc(CCC)c(C)c3F)cc2F)cc1. The third-order valence-electron chi connectivity index (χ3n) is 5.10. The summed E-state index contributed by atoms with van der Waals surface area (Å²) >= 11 is 0. The van der Waals surface area contributed by atoms with E-state index in [-0.39, 0.29) is 11.6 Å². The van der Waals surface area contributed by atoms with Crippen LogP contribution in [0.5, 0.6) is 0 Å². The van der Waals surface area contributed by atoms with Crippen molar-refractivity contribution < 1.29 is 8.78 Å². The number of benzene rings is 3. The van der Waals surface area contributed by atoms with Gasteiger partial charge in [-0.05, 0) is 53.6 Å². The van der Waals surface area contributed by atoms with E-state index in [1.807, 2.05) is 30.3 Å². The highest BCUT2D eigenvalue weighted by Gasteiger charge is 2.13. The van der Waals surface area contributed by atoms with Crippen LogP contribution in [-0.2, 0) is 12.8 Å². The molecule has 0 N–H and O–H groups in total. The fourth-order valence-electron chi connectivity index (χ4n) is 3.54. The molecule has 3 aromatic rings. The normalized spacial score (nSPS) is 11.0. The average molecular weight is 364 g/mol. The molecule has 140 valence electrons. The van der Waals surface area contributed by atoms with Crippen LogP contribution in [0.1, 0.15) is 43.4 Å². The second kappa shape index (κ2) is 8.47. The first-order valence-corrected chi connectivity index (χ1v) is 9.72. The van der Waals surface area contributed by atoms with Gasteiger partial charge in [0.25, 0.3) is 0 Å². The summed E-state index contributed by atoms with van der Waals surface area (Å²) in [7, 11) is 0. The zero-order chi connectivity index (χ0) is 19.4. The van der Waals surface area contributed by atoms with Gasteiger partial charge in [0.15, 0.2) is 0 Å². The van der Waals surface area contributed by atoms with E-state index in [2.05, 4.69) is 13.8 Å². The molecule has 27 heavy (non-hydrogen) atoms. The number of halogens is 2. The first-order valence-electron chi connectivity index (χ1n) is 9.72. The molecule has 0 aromatic heterocycles. The van der Waals surface area contributed by atoms with Crippen molar-refractivity contribution in [2.75, 3.05) is 0 Å². The standard InChI is InChI=1S/C25H26F2/c1-4-6-18-8-10-20(11-9-18)22-14-13-21(16-24(22)26)23-15-12-19(7-5-2)17(3)25(23)27/h8-16H,4-7H2,1-3H3. The van der Waals surface area contributed by atoms with Crippen molar-refractivity contribution in [1.82, 2.24) is 0 Å². The lowest BCUT2D eigenvalue weighted by Gasteiger charge is -2.12. The zero-order valence-electron chi connectivity index (χ0n) is 16.3. The van der Waals surface area contributed by atoms with Crippen LogP contribution in [0.15, 0.2) is 54.6 Å². The average Bonchev–Trinajstić information content (AvgIpc) is 2.67.